The molecule has 0 bridgehead atoms. The molecular formula is C25H27IN2. The van der Waals surface area contributed by atoms with Crippen molar-refractivity contribution in [3.63, 3.8) is 0 Å². The first-order chi connectivity index (χ1) is 13.3. The molecule has 2 aromatic carbocycles. The molecule has 2 aromatic rings. The van der Waals surface area contributed by atoms with Crippen LogP contribution in [0.4, 0.5) is 11.4 Å². The lowest BCUT2D eigenvalue weighted by atomic mass is 9.93. The van der Waals surface area contributed by atoms with Crippen LogP contribution in [0.2, 0.25) is 0 Å². The lowest BCUT2D eigenvalue weighted by molar-refractivity contribution is -0.774. The third kappa shape index (κ3) is 4.01. The molecule has 0 aromatic heterocycles. The van der Waals surface area contributed by atoms with Gasteiger partial charge in [0.2, 0.25) is 0 Å². The second kappa shape index (κ2) is 9.39. The van der Waals surface area contributed by atoms with Gasteiger partial charge in [0.15, 0.2) is 0 Å². The summed E-state index contributed by atoms with van der Waals surface area (Å²) in [6.07, 6.45) is 15.7. The highest BCUT2D eigenvalue weighted by molar-refractivity contribution is 5.86. The van der Waals surface area contributed by atoms with E-state index in [0.717, 1.165) is 13.1 Å². The smallest absolute Gasteiger partial charge is 0.139 e. The Hall–Kier alpha value is -2.11. The Morgan fingerprint density at radius 2 is 1.82 bits per heavy atom. The predicted molar refractivity (Wildman–Crippen MR) is 115 cm³/mol. The van der Waals surface area contributed by atoms with E-state index in [9.17, 15) is 0 Å². The van der Waals surface area contributed by atoms with E-state index in [-0.39, 0.29) is 24.0 Å². The Morgan fingerprint density at radius 1 is 1.04 bits per heavy atom. The highest BCUT2D eigenvalue weighted by Gasteiger charge is 2.21. The minimum absolute atomic E-state index is 0. The topological polar surface area (TPSA) is 7.68 Å². The number of allylic oxidation sites excluding steroid dienone is 6. The number of nitrogens with zero attached hydrogens (tertiary/aromatic N) is 1. The van der Waals surface area contributed by atoms with Crippen LogP contribution in [0.3, 0.4) is 0 Å². The van der Waals surface area contributed by atoms with E-state index in [1.54, 1.807) is 0 Å². The Kier molecular flexibility index (Phi) is 6.92. The average Bonchev–Trinajstić information content (AvgIpc) is 2.74. The molecule has 0 fully saturated rings. The van der Waals surface area contributed by atoms with E-state index in [1.165, 1.54) is 33.0 Å². The summed E-state index contributed by atoms with van der Waals surface area (Å²) in [5.74, 6) is 0.336. The second-order valence-corrected chi connectivity index (χ2v) is 6.98. The van der Waals surface area contributed by atoms with Gasteiger partial charge in [-0.1, -0.05) is 54.6 Å². The van der Waals surface area contributed by atoms with Gasteiger partial charge in [0.1, 0.15) is 5.69 Å². The molecule has 2 aliphatic heterocycles. The van der Waals surface area contributed by atoms with E-state index in [4.69, 9.17) is 0 Å². The first-order valence-corrected chi connectivity index (χ1v) is 9.88. The van der Waals surface area contributed by atoms with Crippen molar-refractivity contribution in [2.24, 2.45) is 0 Å². The number of benzene rings is 2. The number of quaternary nitrogens is 1. The van der Waals surface area contributed by atoms with Crippen LogP contribution in [0, 0.1) is 0 Å². The van der Waals surface area contributed by atoms with Crippen LogP contribution in [0.15, 0.2) is 91.3 Å². The van der Waals surface area contributed by atoms with Crippen LogP contribution in [-0.4, -0.2) is 13.1 Å². The second-order valence-electron chi connectivity index (χ2n) is 6.98. The molecule has 0 saturated heterocycles. The monoisotopic (exact) mass is 482 g/mol. The summed E-state index contributed by atoms with van der Waals surface area (Å²) >= 11 is 0. The molecule has 2 aliphatic rings. The third-order valence-electron chi connectivity index (χ3n) is 5.44. The lowest BCUT2D eigenvalue weighted by Gasteiger charge is -2.26. The van der Waals surface area contributed by atoms with Gasteiger partial charge in [-0.15, -0.1) is 0 Å². The zero-order chi connectivity index (χ0) is 18.6. The highest BCUT2D eigenvalue weighted by Crippen LogP contribution is 2.33. The first-order valence-electron chi connectivity index (χ1n) is 9.88. The van der Waals surface area contributed by atoms with E-state index in [2.05, 4.69) is 110 Å². The Bertz CT molecular complexity index is 939. The molecule has 2 unspecified atom stereocenters. The summed E-state index contributed by atoms with van der Waals surface area (Å²) < 4.78 is 0. The Labute approximate surface area is 185 Å². The number of rotatable bonds is 4. The van der Waals surface area contributed by atoms with E-state index < -0.39 is 0 Å². The molecular weight excluding hydrogens is 455 g/mol. The maximum atomic E-state index is 2.32. The number of fused-ring (bicyclic) bond motifs is 2. The van der Waals surface area contributed by atoms with Gasteiger partial charge in [0.05, 0.1) is 12.7 Å². The number of nitrogens with one attached hydrogen (secondary N) is 1. The molecule has 2 heterocycles. The molecule has 0 amide bonds. The summed E-state index contributed by atoms with van der Waals surface area (Å²) in [5, 5.41) is 0. The quantitative estimate of drug-likeness (QED) is 0.654. The van der Waals surface area contributed by atoms with Crippen molar-refractivity contribution < 1.29 is 28.9 Å². The van der Waals surface area contributed by atoms with Crippen molar-refractivity contribution in [3.8, 4) is 0 Å². The van der Waals surface area contributed by atoms with Gasteiger partial charge >= 0.3 is 0 Å². The molecule has 3 heteroatoms. The molecule has 144 valence electrons. The Morgan fingerprint density at radius 3 is 2.64 bits per heavy atom. The standard InChI is InChI=1S/C25H26N2.HI/c1-3-26-18-16-20(22-12-5-7-14-24(22)26)10-9-11-21-17-19-27(4-2)25-15-8-6-13-23(21)25;/h5-20H,3-4H2,1-2H3;1H. The normalized spacial score (nSPS) is 21.5. The largest absolute Gasteiger partial charge is 1.00 e. The molecule has 0 spiro atoms. The fourth-order valence-electron chi connectivity index (χ4n) is 3.98. The van der Waals surface area contributed by atoms with E-state index in [0.29, 0.717) is 5.92 Å². The van der Waals surface area contributed by atoms with Gasteiger partial charge in [-0.25, -0.2) is 0 Å². The fourth-order valence-corrected chi connectivity index (χ4v) is 3.98. The van der Waals surface area contributed by atoms with Crippen LogP contribution in [0.25, 0.3) is 5.57 Å². The number of hydrogen-bond acceptors (Lipinski definition) is 1. The molecule has 2 atom stereocenters. The van der Waals surface area contributed by atoms with Crippen molar-refractivity contribution in [1.29, 1.82) is 0 Å². The molecule has 0 radical (unpaired) electrons. The van der Waals surface area contributed by atoms with Gasteiger partial charge < -0.3 is 28.9 Å². The predicted octanol–water partition coefficient (Wildman–Crippen LogP) is 1.83. The maximum Gasteiger partial charge on any atom is 0.139 e. The molecule has 4 rings (SSSR count). The van der Waals surface area contributed by atoms with Gasteiger partial charge in [0.25, 0.3) is 0 Å². The average molecular weight is 482 g/mol. The first kappa shape index (κ1) is 20.6. The summed E-state index contributed by atoms with van der Waals surface area (Å²) in [6, 6.07) is 17.4. The summed E-state index contributed by atoms with van der Waals surface area (Å²) in [7, 11) is 0. The van der Waals surface area contributed by atoms with Crippen LogP contribution in [0.1, 0.15) is 30.9 Å². The Balaban J connectivity index is 0.00000225. The summed E-state index contributed by atoms with van der Waals surface area (Å²) in [5.41, 5.74) is 6.65. The van der Waals surface area contributed by atoms with Gasteiger partial charge in [-0.3, -0.25) is 4.90 Å². The van der Waals surface area contributed by atoms with Crippen molar-refractivity contribution in [2.75, 3.05) is 18.0 Å². The molecule has 28 heavy (non-hydrogen) atoms. The van der Waals surface area contributed by atoms with Crippen molar-refractivity contribution in [3.05, 3.63) is 102 Å². The molecule has 1 N–H and O–H groups in total. The SMILES string of the molecule is CCN1C=CC(=CC=CC2C=C[NH+](CC)c3ccccc32)c2ccccc21.[I-]. The summed E-state index contributed by atoms with van der Waals surface area (Å²) in [6.45, 7) is 6.47. The molecule has 0 saturated carbocycles. The van der Waals surface area contributed by atoms with Crippen LogP contribution in [-0.2, 0) is 0 Å². The van der Waals surface area contributed by atoms with Crippen LogP contribution >= 0.6 is 0 Å². The van der Waals surface area contributed by atoms with Crippen molar-refractivity contribution >= 4 is 16.9 Å². The molecule has 2 nitrogen and oxygen atoms in total. The van der Waals surface area contributed by atoms with Crippen molar-refractivity contribution in [2.45, 2.75) is 19.8 Å². The van der Waals surface area contributed by atoms with Gasteiger partial charge in [-0.05, 0) is 43.7 Å². The molecule has 0 aliphatic carbocycles. The van der Waals surface area contributed by atoms with Crippen molar-refractivity contribution in [1.82, 2.24) is 0 Å². The van der Waals surface area contributed by atoms with Crippen LogP contribution < -0.4 is 33.8 Å². The number of halogens is 1. The van der Waals surface area contributed by atoms with Gasteiger partial charge in [0, 0.05) is 35.5 Å². The zero-order valence-corrected chi connectivity index (χ0v) is 18.6. The highest BCUT2D eigenvalue weighted by atomic mass is 127. The van der Waals surface area contributed by atoms with Crippen LogP contribution in [0.5, 0.6) is 0 Å². The minimum Gasteiger partial charge on any atom is -1.00 e. The lowest BCUT2D eigenvalue weighted by Crippen LogP contribution is -3.02. The number of para-hydroxylation sites is 2. The fraction of sp³-hybridized carbons (Fsp3) is 0.200. The maximum absolute atomic E-state index is 2.32. The number of hydrogen-bond donors (Lipinski definition) is 1. The van der Waals surface area contributed by atoms with Gasteiger partial charge in [-0.2, -0.15) is 0 Å². The van der Waals surface area contributed by atoms with E-state index in [1.807, 2.05) is 0 Å². The minimum atomic E-state index is 0. The van der Waals surface area contributed by atoms with E-state index >= 15 is 0 Å². The summed E-state index contributed by atoms with van der Waals surface area (Å²) in [4.78, 5) is 3.72. The third-order valence-corrected chi connectivity index (χ3v) is 5.44. The number of anilines is 1. The zero-order valence-electron chi connectivity index (χ0n) is 16.5.